The molecule has 1 saturated heterocycles. The van der Waals surface area contributed by atoms with E-state index in [0.29, 0.717) is 0 Å². The van der Waals surface area contributed by atoms with Gasteiger partial charge in [-0.25, -0.2) is 0 Å². The predicted molar refractivity (Wildman–Crippen MR) is 109 cm³/mol. The van der Waals surface area contributed by atoms with Crippen LogP contribution in [0.3, 0.4) is 0 Å². The van der Waals surface area contributed by atoms with Gasteiger partial charge in [-0.15, -0.1) is 0 Å². The molecular weight excluding hydrogens is 308 g/mol. The zero-order chi connectivity index (χ0) is 18.9. The molecule has 1 rings (SSSR count). The minimum absolute atomic E-state index is 0.0699. The molecule has 0 aromatic carbocycles. The molecule has 1 fully saturated rings. The zero-order valence-electron chi connectivity index (χ0n) is 17.7. The molecule has 2 nitrogen and oxygen atoms in total. The second-order valence-corrected chi connectivity index (χ2v) is 8.59. The smallest absolute Gasteiger partial charge is 0.166 e. The van der Waals surface area contributed by atoms with Gasteiger partial charge in [0.15, 0.2) is 5.79 Å². The van der Waals surface area contributed by atoms with Crippen molar-refractivity contribution in [2.45, 2.75) is 105 Å². The Morgan fingerprint density at radius 2 is 1.40 bits per heavy atom. The SMILES string of the molecule is CC(C)=CCC/C(C)=C\CC/C(C)=C/CCC1(C)OCCC(C)(C)O1. The van der Waals surface area contributed by atoms with Gasteiger partial charge in [-0.2, -0.15) is 0 Å². The molecule has 0 bridgehead atoms. The third-order valence-corrected chi connectivity index (χ3v) is 4.82. The molecule has 1 aliphatic rings. The molecule has 2 heteroatoms. The zero-order valence-corrected chi connectivity index (χ0v) is 17.7. The van der Waals surface area contributed by atoms with E-state index in [4.69, 9.17) is 9.47 Å². The predicted octanol–water partition coefficient (Wildman–Crippen LogP) is 7.12. The molecule has 0 amide bonds. The van der Waals surface area contributed by atoms with E-state index in [2.05, 4.69) is 66.7 Å². The first-order chi connectivity index (χ1) is 11.6. The van der Waals surface area contributed by atoms with Gasteiger partial charge in [-0.3, -0.25) is 0 Å². The highest BCUT2D eigenvalue weighted by molar-refractivity contribution is 5.05. The Kier molecular flexibility index (Phi) is 9.16. The van der Waals surface area contributed by atoms with Crippen LogP contribution in [0.15, 0.2) is 34.9 Å². The first kappa shape index (κ1) is 22.2. The van der Waals surface area contributed by atoms with Crippen LogP contribution in [0.2, 0.25) is 0 Å². The maximum absolute atomic E-state index is 6.14. The molecule has 0 saturated carbocycles. The molecule has 0 N–H and O–H groups in total. The van der Waals surface area contributed by atoms with Gasteiger partial charge in [-0.05, 0) is 87.0 Å². The summed E-state index contributed by atoms with van der Waals surface area (Å²) in [5.74, 6) is -0.431. The van der Waals surface area contributed by atoms with E-state index in [1.807, 2.05) is 0 Å². The average Bonchev–Trinajstić information content (AvgIpc) is 2.45. The Bertz CT molecular complexity index is 492. The molecule has 0 aromatic heterocycles. The van der Waals surface area contributed by atoms with Crippen LogP contribution in [0.1, 0.15) is 93.4 Å². The molecule has 0 radical (unpaired) electrons. The number of ether oxygens (including phenoxy) is 2. The normalized spacial score (nSPS) is 24.3. The highest BCUT2D eigenvalue weighted by Crippen LogP contribution is 2.33. The fourth-order valence-corrected chi connectivity index (χ4v) is 3.22. The summed E-state index contributed by atoms with van der Waals surface area (Å²) in [6.07, 6.45) is 14.6. The largest absolute Gasteiger partial charge is 0.350 e. The van der Waals surface area contributed by atoms with E-state index in [1.54, 1.807) is 0 Å². The van der Waals surface area contributed by atoms with Crippen molar-refractivity contribution < 1.29 is 9.47 Å². The van der Waals surface area contributed by atoms with E-state index in [-0.39, 0.29) is 5.60 Å². The van der Waals surface area contributed by atoms with Gasteiger partial charge in [0.2, 0.25) is 0 Å². The molecule has 1 aliphatic heterocycles. The fourth-order valence-electron chi connectivity index (χ4n) is 3.22. The number of hydrogen-bond donors (Lipinski definition) is 0. The molecule has 0 aliphatic carbocycles. The molecule has 1 unspecified atom stereocenters. The first-order valence-electron chi connectivity index (χ1n) is 9.91. The van der Waals surface area contributed by atoms with E-state index >= 15 is 0 Å². The van der Waals surface area contributed by atoms with Crippen molar-refractivity contribution >= 4 is 0 Å². The minimum atomic E-state index is -0.431. The summed E-state index contributed by atoms with van der Waals surface area (Å²) in [4.78, 5) is 0. The van der Waals surface area contributed by atoms with Crippen LogP contribution < -0.4 is 0 Å². The first-order valence-corrected chi connectivity index (χ1v) is 9.91. The minimum Gasteiger partial charge on any atom is -0.350 e. The molecular formula is C23H40O2. The van der Waals surface area contributed by atoms with Crippen molar-refractivity contribution in [1.82, 2.24) is 0 Å². The van der Waals surface area contributed by atoms with Gasteiger partial charge >= 0.3 is 0 Å². The van der Waals surface area contributed by atoms with Gasteiger partial charge in [0, 0.05) is 6.42 Å². The van der Waals surface area contributed by atoms with Crippen LogP contribution in [-0.2, 0) is 9.47 Å². The van der Waals surface area contributed by atoms with Crippen LogP contribution in [0.5, 0.6) is 0 Å². The average molecular weight is 349 g/mol. The van der Waals surface area contributed by atoms with Crippen LogP contribution in [0.4, 0.5) is 0 Å². The van der Waals surface area contributed by atoms with E-state index in [0.717, 1.165) is 45.1 Å². The number of rotatable bonds is 9. The van der Waals surface area contributed by atoms with Gasteiger partial charge in [0.05, 0.1) is 12.2 Å². The van der Waals surface area contributed by atoms with Crippen molar-refractivity contribution in [3.05, 3.63) is 34.9 Å². The highest BCUT2D eigenvalue weighted by atomic mass is 16.7. The summed E-state index contributed by atoms with van der Waals surface area (Å²) >= 11 is 0. The maximum Gasteiger partial charge on any atom is 0.166 e. The third-order valence-electron chi connectivity index (χ3n) is 4.82. The summed E-state index contributed by atoms with van der Waals surface area (Å²) < 4.78 is 12.0. The molecule has 0 spiro atoms. The summed E-state index contributed by atoms with van der Waals surface area (Å²) in [7, 11) is 0. The Balaban J connectivity index is 2.30. The molecule has 0 aromatic rings. The monoisotopic (exact) mass is 348 g/mol. The third kappa shape index (κ3) is 10.0. The molecule has 25 heavy (non-hydrogen) atoms. The topological polar surface area (TPSA) is 18.5 Å². The molecule has 144 valence electrons. The van der Waals surface area contributed by atoms with Gasteiger partial charge < -0.3 is 9.47 Å². The Labute approximate surface area is 156 Å². The lowest BCUT2D eigenvalue weighted by Gasteiger charge is -2.43. The van der Waals surface area contributed by atoms with E-state index in [9.17, 15) is 0 Å². The van der Waals surface area contributed by atoms with Crippen LogP contribution in [0.25, 0.3) is 0 Å². The Morgan fingerprint density at radius 3 is 1.96 bits per heavy atom. The molecule has 1 atom stereocenters. The van der Waals surface area contributed by atoms with Crippen molar-refractivity contribution in [1.29, 1.82) is 0 Å². The van der Waals surface area contributed by atoms with Crippen molar-refractivity contribution in [3.63, 3.8) is 0 Å². The number of hydrogen-bond acceptors (Lipinski definition) is 2. The second kappa shape index (κ2) is 10.3. The van der Waals surface area contributed by atoms with Gasteiger partial charge in [0.25, 0.3) is 0 Å². The molecule has 1 heterocycles. The second-order valence-electron chi connectivity index (χ2n) is 8.59. The fraction of sp³-hybridized carbons (Fsp3) is 0.739. The highest BCUT2D eigenvalue weighted by Gasteiger charge is 2.37. The van der Waals surface area contributed by atoms with Crippen LogP contribution >= 0.6 is 0 Å². The van der Waals surface area contributed by atoms with Gasteiger partial charge in [0.1, 0.15) is 0 Å². The van der Waals surface area contributed by atoms with E-state index in [1.165, 1.54) is 23.1 Å². The van der Waals surface area contributed by atoms with Crippen molar-refractivity contribution in [2.75, 3.05) is 6.61 Å². The summed E-state index contributed by atoms with van der Waals surface area (Å²) in [6, 6.07) is 0. The van der Waals surface area contributed by atoms with Crippen LogP contribution in [-0.4, -0.2) is 18.0 Å². The lowest BCUT2D eigenvalue weighted by atomic mass is 10.0. The summed E-state index contributed by atoms with van der Waals surface area (Å²) in [5.41, 5.74) is 4.31. The van der Waals surface area contributed by atoms with Crippen molar-refractivity contribution in [2.24, 2.45) is 0 Å². The van der Waals surface area contributed by atoms with Crippen molar-refractivity contribution in [3.8, 4) is 0 Å². The maximum atomic E-state index is 6.14. The summed E-state index contributed by atoms with van der Waals surface area (Å²) in [5, 5.41) is 0. The lowest BCUT2D eigenvalue weighted by molar-refractivity contribution is -0.312. The summed E-state index contributed by atoms with van der Waals surface area (Å²) in [6.45, 7) is 16.0. The Hall–Kier alpha value is -0.860. The Morgan fingerprint density at radius 1 is 0.840 bits per heavy atom. The lowest BCUT2D eigenvalue weighted by Crippen LogP contribution is -2.47. The standard InChI is InChI=1S/C23H40O2/c1-19(2)11-8-12-20(3)13-9-14-21(4)15-10-16-23(7)24-18-17-22(5,6)25-23/h11,13,15H,8-10,12,14,16-18H2,1-7H3/b20-13-,21-15+. The van der Waals surface area contributed by atoms with E-state index < -0.39 is 5.79 Å². The van der Waals surface area contributed by atoms with Crippen LogP contribution in [0, 0.1) is 0 Å². The number of allylic oxidation sites excluding steroid dienone is 6. The van der Waals surface area contributed by atoms with Gasteiger partial charge in [-0.1, -0.05) is 34.9 Å². The quantitative estimate of drug-likeness (QED) is 0.413.